The topological polar surface area (TPSA) is 290 Å². The van der Waals surface area contributed by atoms with E-state index in [1.807, 2.05) is 48.9 Å². The summed E-state index contributed by atoms with van der Waals surface area (Å²) in [5, 5.41) is 23.8. The summed E-state index contributed by atoms with van der Waals surface area (Å²) in [5.41, 5.74) is 23.7. The van der Waals surface area contributed by atoms with Crippen LogP contribution in [0.3, 0.4) is 0 Å². The van der Waals surface area contributed by atoms with E-state index in [9.17, 15) is 19.2 Å². The van der Waals surface area contributed by atoms with Crippen LogP contribution < -0.4 is 43.8 Å². The van der Waals surface area contributed by atoms with E-state index in [4.69, 9.17) is 32.3 Å². The normalized spacial score (nSPS) is 12.7. The SMILES string of the molecule is CCCCCCCCCCCCCCCC(N)c1cn(C)c(Nc2cc(C(=O)NCCC(N)c3cn(C)c(Nc4cc(C(=O)NCCC(N)c5cn(C)c(C(=O)NCCC(=O)O)n5)n(C)c4)n3)n(C)c2)n1. The molecule has 0 saturated carbocycles. The van der Waals surface area contributed by atoms with Crippen LogP contribution in [0.25, 0.3) is 0 Å². The Balaban J connectivity index is 1.01. The van der Waals surface area contributed by atoms with Crippen LogP contribution in [0.1, 0.15) is 183 Å². The number of aliphatic carboxylic acids is 1. The highest BCUT2D eigenvalue weighted by atomic mass is 16.4. The van der Waals surface area contributed by atoms with Gasteiger partial charge in [-0.25, -0.2) is 15.0 Å². The van der Waals surface area contributed by atoms with Crippen molar-refractivity contribution in [2.45, 2.75) is 134 Å². The Morgan fingerprint density at radius 2 is 0.901 bits per heavy atom. The van der Waals surface area contributed by atoms with Crippen molar-refractivity contribution < 1.29 is 24.3 Å². The first-order chi connectivity index (χ1) is 34.0. The molecule has 12 N–H and O–H groups in total. The number of nitrogens with zero attached hydrogens (tertiary/aromatic N) is 8. The first kappa shape index (κ1) is 55.5. The molecule has 21 heteroatoms. The second kappa shape index (κ2) is 27.8. The second-order valence-corrected chi connectivity index (χ2v) is 18.8. The maximum Gasteiger partial charge on any atom is 0.305 e. The molecule has 5 aromatic rings. The zero-order chi connectivity index (χ0) is 51.5. The zero-order valence-electron chi connectivity index (χ0n) is 42.8. The molecule has 3 amide bonds. The zero-order valence-corrected chi connectivity index (χ0v) is 42.8. The molecule has 0 spiro atoms. The smallest absolute Gasteiger partial charge is 0.305 e. The van der Waals surface area contributed by atoms with Gasteiger partial charge < -0.3 is 71.7 Å². The van der Waals surface area contributed by atoms with Crippen LogP contribution in [0.5, 0.6) is 0 Å². The Bertz CT molecular complexity index is 2480. The van der Waals surface area contributed by atoms with Gasteiger partial charge in [0.1, 0.15) is 11.4 Å². The largest absolute Gasteiger partial charge is 0.481 e. The number of carbonyl (C=O) groups excluding carboxylic acids is 3. The predicted molar refractivity (Wildman–Crippen MR) is 277 cm³/mol. The molecule has 3 unspecified atom stereocenters. The van der Waals surface area contributed by atoms with E-state index in [1.54, 1.807) is 47.8 Å². The molecular formula is C50H80N16O5. The third-order valence-electron chi connectivity index (χ3n) is 12.7. The Kier molecular flexibility index (Phi) is 21.7. The van der Waals surface area contributed by atoms with E-state index in [-0.39, 0.29) is 43.2 Å². The van der Waals surface area contributed by atoms with Gasteiger partial charge in [-0.3, -0.25) is 19.2 Å². The summed E-state index contributed by atoms with van der Waals surface area (Å²) in [6, 6.07) is 2.35. The summed E-state index contributed by atoms with van der Waals surface area (Å²) in [6.07, 6.45) is 27.7. The average molecular weight is 985 g/mol. The summed E-state index contributed by atoms with van der Waals surface area (Å²) in [6.45, 7) is 2.82. The number of aryl methyl sites for hydroxylation is 5. The van der Waals surface area contributed by atoms with Gasteiger partial charge in [-0.1, -0.05) is 90.4 Å². The van der Waals surface area contributed by atoms with E-state index in [0.29, 0.717) is 59.7 Å². The van der Waals surface area contributed by atoms with Gasteiger partial charge in [0.25, 0.3) is 17.7 Å². The van der Waals surface area contributed by atoms with E-state index in [0.717, 1.165) is 24.2 Å². The van der Waals surface area contributed by atoms with E-state index < -0.39 is 24.0 Å². The highest BCUT2D eigenvalue weighted by Gasteiger charge is 2.21. The third-order valence-corrected chi connectivity index (χ3v) is 12.7. The third kappa shape index (κ3) is 17.1. The molecule has 3 atom stereocenters. The van der Waals surface area contributed by atoms with Gasteiger partial charge in [-0.05, 0) is 31.4 Å². The van der Waals surface area contributed by atoms with Crippen molar-refractivity contribution in [2.24, 2.45) is 52.4 Å². The summed E-state index contributed by atoms with van der Waals surface area (Å²) in [7, 11) is 9.01. The van der Waals surface area contributed by atoms with E-state index in [2.05, 4.69) is 38.5 Å². The predicted octanol–water partition coefficient (Wildman–Crippen LogP) is 6.38. The van der Waals surface area contributed by atoms with Gasteiger partial charge in [0.2, 0.25) is 11.9 Å². The molecule has 5 heterocycles. The first-order valence-corrected chi connectivity index (χ1v) is 25.3. The van der Waals surface area contributed by atoms with E-state index >= 15 is 0 Å². The van der Waals surface area contributed by atoms with Gasteiger partial charge in [0, 0.05) is 91.9 Å². The number of carboxylic acid groups (broad SMARTS) is 1. The molecule has 0 saturated heterocycles. The van der Waals surface area contributed by atoms with Gasteiger partial charge in [0.05, 0.1) is 47.0 Å². The number of imidazole rings is 3. The lowest BCUT2D eigenvalue weighted by atomic mass is 10.0. The fourth-order valence-electron chi connectivity index (χ4n) is 8.47. The van der Waals surface area contributed by atoms with Crippen molar-refractivity contribution in [2.75, 3.05) is 30.3 Å². The Labute approximate surface area is 418 Å². The van der Waals surface area contributed by atoms with Crippen LogP contribution in [-0.4, -0.2) is 86.2 Å². The highest BCUT2D eigenvalue weighted by molar-refractivity contribution is 5.94. The van der Waals surface area contributed by atoms with Crippen LogP contribution in [0.4, 0.5) is 23.3 Å². The molecule has 0 aliphatic rings. The lowest BCUT2D eigenvalue weighted by Gasteiger charge is -2.10. The quantitative estimate of drug-likeness (QED) is 0.0207. The van der Waals surface area contributed by atoms with Crippen molar-refractivity contribution in [1.82, 2.24) is 53.7 Å². The molecular weight excluding hydrogens is 905 g/mol. The number of hydrogen-bond acceptors (Lipinski definition) is 12. The minimum absolute atomic E-state index is 0.0216. The number of hydrogen-bond donors (Lipinski definition) is 9. The molecule has 0 fully saturated rings. The number of nitrogens with two attached hydrogens (primary N) is 3. The molecule has 21 nitrogen and oxygen atoms in total. The van der Waals surface area contributed by atoms with E-state index in [1.165, 1.54) is 81.6 Å². The fourth-order valence-corrected chi connectivity index (χ4v) is 8.47. The van der Waals surface area contributed by atoms with Gasteiger partial charge in [-0.15, -0.1) is 0 Å². The summed E-state index contributed by atoms with van der Waals surface area (Å²) >= 11 is 0. The number of amides is 3. The Hall–Kier alpha value is -6.45. The average Bonchev–Trinajstić information content (AvgIpc) is 4.16. The molecule has 0 aromatic carbocycles. The summed E-state index contributed by atoms with van der Waals surface area (Å²) < 4.78 is 8.72. The first-order valence-electron chi connectivity index (χ1n) is 25.3. The minimum atomic E-state index is -1.02. The Morgan fingerprint density at radius 3 is 1.35 bits per heavy atom. The van der Waals surface area contributed by atoms with Crippen LogP contribution in [0.15, 0.2) is 43.1 Å². The molecule has 0 bridgehead atoms. The molecule has 0 radical (unpaired) electrons. The molecule has 390 valence electrons. The Morgan fingerprint density at radius 1 is 0.507 bits per heavy atom. The van der Waals surface area contributed by atoms with Crippen LogP contribution in [-0.2, 0) is 40.0 Å². The second-order valence-electron chi connectivity index (χ2n) is 18.8. The highest BCUT2D eigenvalue weighted by Crippen LogP contribution is 2.25. The van der Waals surface area contributed by atoms with Gasteiger partial charge >= 0.3 is 5.97 Å². The van der Waals surface area contributed by atoms with Crippen molar-refractivity contribution in [3.8, 4) is 0 Å². The molecule has 0 aliphatic heterocycles. The van der Waals surface area contributed by atoms with Crippen LogP contribution >= 0.6 is 0 Å². The number of rotatable bonds is 33. The number of carbonyl (C=O) groups is 4. The minimum Gasteiger partial charge on any atom is -0.481 e. The fraction of sp³-hybridized carbons (Fsp3) is 0.580. The monoisotopic (exact) mass is 985 g/mol. The molecule has 71 heavy (non-hydrogen) atoms. The van der Waals surface area contributed by atoms with Crippen molar-refractivity contribution in [3.05, 3.63) is 77.4 Å². The van der Waals surface area contributed by atoms with Crippen molar-refractivity contribution >= 4 is 47.0 Å². The number of carboxylic acids is 1. The number of anilines is 4. The summed E-state index contributed by atoms with van der Waals surface area (Å²) in [4.78, 5) is 63.5. The van der Waals surface area contributed by atoms with Gasteiger partial charge in [0.15, 0.2) is 5.82 Å². The van der Waals surface area contributed by atoms with Crippen LogP contribution in [0, 0.1) is 0 Å². The lowest BCUT2D eigenvalue weighted by molar-refractivity contribution is -0.136. The molecule has 5 rings (SSSR count). The number of aromatic nitrogens is 8. The van der Waals surface area contributed by atoms with Gasteiger partial charge in [-0.2, -0.15) is 0 Å². The molecule has 0 aliphatic carbocycles. The standard InChI is InChI=1S/C50H80N16O5/c1-7-8-9-10-11-12-13-14-15-16-17-18-19-20-36(51)40-32-65(5)49(60-40)57-34-27-43(62(2)29-34)47(70)55-25-22-38(53)41-33-66(6)50(61-41)58-35-28-42(63(3)30-35)46(69)54-24-21-37(52)39-31-64(4)45(59-39)48(71)56-26-23-44(67)68/h27-33,36-38H,7-26,51-53H2,1-6H3,(H,54,69)(H,55,70)(H,56,71)(H,57,60)(H,58,61)(H,67,68). The summed E-state index contributed by atoms with van der Waals surface area (Å²) in [5.74, 6) is -0.774. The molecule has 5 aromatic heterocycles. The van der Waals surface area contributed by atoms with Crippen LogP contribution in [0.2, 0.25) is 0 Å². The maximum atomic E-state index is 13.3. The van der Waals surface area contributed by atoms with Crippen molar-refractivity contribution in [3.63, 3.8) is 0 Å². The maximum absolute atomic E-state index is 13.3. The van der Waals surface area contributed by atoms with Crippen molar-refractivity contribution in [1.29, 1.82) is 0 Å². The lowest BCUT2D eigenvalue weighted by Crippen LogP contribution is -2.29. The number of unbranched alkanes of at least 4 members (excludes halogenated alkanes) is 12. The number of nitrogens with one attached hydrogen (secondary N) is 5.